The maximum atomic E-state index is 11.9. The van der Waals surface area contributed by atoms with Gasteiger partial charge in [0.1, 0.15) is 19.0 Å². The van der Waals surface area contributed by atoms with E-state index < -0.39 is 12.8 Å². The van der Waals surface area contributed by atoms with Gasteiger partial charge in [-0.25, -0.2) is 0 Å². The summed E-state index contributed by atoms with van der Waals surface area (Å²) in [5, 5.41) is 3.41. The van der Waals surface area contributed by atoms with E-state index in [-0.39, 0.29) is 13.2 Å². The smallest absolute Gasteiger partial charge is 0.411 e. The summed E-state index contributed by atoms with van der Waals surface area (Å²) in [6.45, 7) is -0.465. The third-order valence-electron chi connectivity index (χ3n) is 2.92. The molecule has 2 rings (SSSR count). The first-order valence-corrected chi connectivity index (χ1v) is 7.52. The van der Waals surface area contributed by atoms with Crippen molar-refractivity contribution in [3.05, 3.63) is 28.2 Å². The van der Waals surface area contributed by atoms with Gasteiger partial charge in [-0.2, -0.15) is 13.2 Å². The van der Waals surface area contributed by atoms with Crippen molar-refractivity contribution in [1.82, 2.24) is 5.32 Å². The van der Waals surface area contributed by atoms with Gasteiger partial charge in [0.15, 0.2) is 0 Å². The molecule has 0 atom stereocenters. The zero-order chi connectivity index (χ0) is 15.3. The van der Waals surface area contributed by atoms with Crippen LogP contribution in [0, 0.1) is 0 Å². The van der Waals surface area contributed by atoms with Crippen molar-refractivity contribution < 1.29 is 22.6 Å². The predicted octanol–water partition coefficient (Wildman–Crippen LogP) is 3.66. The van der Waals surface area contributed by atoms with Crippen LogP contribution in [0.15, 0.2) is 22.7 Å². The molecular formula is C14H17BrF3NO2. The van der Waals surface area contributed by atoms with E-state index in [9.17, 15) is 13.2 Å². The lowest BCUT2D eigenvalue weighted by Crippen LogP contribution is -2.19. The highest BCUT2D eigenvalue weighted by atomic mass is 79.9. The highest BCUT2D eigenvalue weighted by Crippen LogP contribution is 2.27. The third kappa shape index (κ3) is 6.67. The fraction of sp³-hybridized carbons (Fsp3) is 0.571. The molecule has 0 aliphatic heterocycles. The van der Waals surface area contributed by atoms with Crippen LogP contribution in [0.3, 0.4) is 0 Å². The van der Waals surface area contributed by atoms with Crippen molar-refractivity contribution in [3.63, 3.8) is 0 Å². The van der Waals surface area contributed by atoms with Gasteiger partial charge in [-0.1, -0.05) is 6.07 Å². The average Bonchev–Trinajstić information content (AvgIpc) is 3.21. The van der Waals surface area contributed by atoms with Gasteiger partial charge in [-0.05, 0) is 46.5 Å². The van der Waals surface area contributed by atoms with Crippen molar-refractivity contribution in [2.75, 3.05) is 19.8 Å². The summed E-state index contributed by atoms with van der Waals surface area (Å²) in [5.74, 6) is 0.598. The van der Waals surface area contributed by atoms with Crippen LogP contribution in [0.25, 0.3) is 0 Å². The summed E-state index contributed by atoms with van der Waals surface area (Å²) in [4.78, 5) is 0. The van der Waals surface area contributed by atoms with Crippen molar-refractivity contribution in [2.45, 2.75) is 31.6 Å². The number of hydrogen-bond acceptors (Lipinski definition) is 3. The number of nitrogens with one attached hydrogen (secondary N) is 1. The minimum Gasteiger partial charge on any atom is -0.490 e. The maximum absolute atomic E-state index is 11.9. The SMILES string of the molecule is FC(F)(F)COCCOc1ccc(CNC2CC2)cc1Br. The zero-order valence-corrected chi connectivity index (χ0v) is 13.0. The van der Waals surface area contributed by atoms with Crippen molar-refractivity contribution in [3.8, 4) is 5.75 Å². The second-order valence-corrected chi connectivity index (χ2v) is 5.79. The molecule has 1 aliphatic rings. The number of rotatable bonds is 8. The van der Waals surface area contributed by atoms with Gasteiger partial charge >= 0.3 is 6.18 Å². The average molecular weight is 368 g/mol. The quantitative estimate of drug-likeness (QED) is 0.711. The molecule has 1 fully saturated rings. The molecule has 0 amide bonds. The van der Waals surface area contributed by atoms with Crippen molar-refractivity contribution in [1.29, 1.82) is 0 Å². The summed E-state index contributed by atoms with van der Waals surface area (Å²) in [6, 6.07) is 6.33. The van der Waals surface area contributed by atoms with Crippen LogP contribution >= 0.6 is 15.9 Å². The van der Waals surface area contributed by atoms with E-state index in [4.69, 9.17) is 4.74 Å². The molecule has 1 N–H and O–H groups in total. The van der Waals surface area contributed by atoms with Crippen LogP contribution < -0.4 is 10.1 Å². The molecule has 1 aliphatic carbocycles. The standard InChI is InChI=1S/C14H17BrF3NO2/c15-12-7-10(8-19-11-2-3-11)1-4-13(12)21-6-5-20-9-14(16,17)18/h1,4,7,11,19H,2-3,5-6,8-9H2. The van der Waals surface area contributed by atoms with Crippen LogP contribution in [-0.4, -0.2) is 32.0 Å². The van der Waals surface area contributed by atoms with E-state index in [1.807, 2.05) is 12.1 Å². The highest BCUT2D eigenvalue weighted by Gasteiger charge is 2.27. The number of alkyl halides is 3. The molecule has 118 valence electrons. The van der Waals surface area contributed by atoms with Crippen LogP contribution in [0.4, 0.5) is 13.2 Å². The predicted molar refractivity (Wildman–Crippen MR) is 76.4 cm³/mol. The Morgan fingerprint density at radius 1 is 1.24 bits per heavy atom. The van der Waals surface area contributed by atoms with Crippen LogP contribution in [0.2, 0.25) is 0 Å². The monoisotopic (exact) mass is 367 g/mol. The molecule has 0 aromatic heterocycles. The van der Waals surface area contributed by atoms with Crippen LogP contribution in [-0.2, 0) is 11.3 Å². The Hall–Kier alpha value is -0.790. The first-order chi connectivity index (χ1) is 9.94. The summed E-state index contributed by atoms with van der Waals surface area (Å²) >= 11 is 3.40. The van der Waals surface area contributed by atoms with E-state index in [0.29, 0.717) is 11.8 Å². The van der Waals surface area contributed by atoms with E-state index in [1.54, 1.807) is 6.07 Å². The second kappa shape index (κ2) is 7.47. The van der Waals surface area contributed by atoms with E-state index in [0.717, 1.165) is 16.6 Å². The summed E-state index contributed by atoms with van der Waals surface area (Å²) in [5.41, 5.74) is 1.13. The molecule has 1 aromatic rings. The zero-order valence-electron chi connectivity index (χ0n) is 11.4. The van der Waals surface area contributed by atoms with E-state index >= 15 is 0 Å². The van der Waals surface area contributed by atoms with E-state index in [2.05, 4.69) is 26.0 Å². The molecule has 0 radical (unpaired) electrons. The Balaban J connectivity index is 1.70. The lowest BCUT2D eigenvalue weighted by molar-refractivity contribution is -0.175. The minimum atomic E-state index is -4.29. The lowest BCUT2D eigenvalue weighted by atomic mass is 10.2. The van der Waals surface area contributed by atoms with Gasteiger partial charge in [-0.3, -0.25) is 0 Å². The highest BCUT2D eigenvalue weighted by molar-refractivity contribution is 9.10. The normalized spacial score (nSPS) is 15.2. The van der Waals surface area contributed by atoms with Gasteiger partial charge in [0.05, 0.1) is 11.1 Å². The molecule has 0 heterocycles. The number of halogens is 4. The molecule has 1 saturated carbocycles. The lowest BCUT2D eigenvalue weighted by Gasteiger charge is -2.11. The fourth-order valence-corrected chi connectivity index (χ4v) is 2.26. The molecule has 0 spiro atoms. The van der Waals surface area contributed by atoms with Crippen LogP contribution in [0.1, 0.15) is 18.4 Å². The van der Waals surface area contributed by atoms with Crippen molar-refractivity contribution >= 4 is 15.9 Å². The topological polar surface area (TPSA) is 30.5 Å². The largest absolute Gasteiger partial charge is 0.490 e. The summed E-state index contributed by atoms with van der Waals surface area (Å²) in [7, 11) is 0. The third-order valence-corrected chi connectivity index (χ3v) is 3.54. The Kier molecular flexibility index (Phi) is 5.89. The molecular weight excluding hydrogens is 351 g/mol. The summed E-state index contributed by atoms with van der Waals surface area (Å²) in [6.07, 6.45) is -1.82. The second-order valence-electron chi connectivity index (χ2n) is 4.94. The molecule has 0 saturated heterocycles. The molecule has 1 aromatic carbocycles. The molecule has 0 bridgehead atoms. The Labute approximate surface area is 129 Å². The fourth-order valence-electron chi connectivity index (χ4n) is 1.72. The number of hydrogen-bond donors (Lipinski definition) is 1. The maximum Gasteiger partial charge on any atom is 0.411 e. The molecule has 21 heavy (non-hydrogen) atoms. The number of ether oxygens (including phenoxy) is 2. The van der Waals surface area contributed by atoms with Crippen LogP contribution in [0.5, 0.6) is 5.75 Å². The van der Waals surface area contributed by atoms with Gasteiger partial charge < -0.3 is 14.8 Å². The van der Waals surface area contributed by atoms with Gasteiger partial charge in [0, 0.05) is 12.6 Å². The van der Waals surface area contributed by atoms with Crippen molar-refractivity contribution in [2.24, 2.45) is 0 Å². The molecule has 0 unspecified atom stereocenters. The Bertz CT molecular complexity index is 464. The minimum absolute atomic E-state index is 0.0777. The molecule has 3 nitrogen and oxygen atoms in total. The van der Waals surface area contributed by atoms with Gasteiger partial charge in [-0.15, -0.1) is 0 Å². The van der Waals surface area contributed by atoms with E-state index in [1.165, 1.54) is 12.8 Å². The summed E-state index contributed by atoms with van der Waals surface area (Å²) < 4.78 is 46.3. The first kappa shape index (κ1) is 16.6. The molecule has 7 heteroatoms. The van der Waals surface area contributed by atoms with Gasteiger partial charge in [0.25, 0.3) is 0 Å². The Morgan fingerprint density at radius 3 is 2.62 bits per heavy atom. The Morgan fingerprint density at radius 2 is 2.00 bits per heavy atom. The number of benzene rings is 1. The first-order valence-electron chi connectivity index (χ1n) is 6.73. The van der Waals surface area contributed by atoms with Gasteiger partial charge in [0.2, 0.25) is 0 Å².